The highest BCUT2D eigenvalue weighted by molar-refractivity contribution is 7.10. The molecule has 0 unspecified atom stereocenters. The Morgan fingerprint density at radius 1 is 1.39 bits per heavy atom. The minimum absolute atomic E-state index is 0.228. The normalized spacial score (nSPS) is 10.1. The Morgan fingerprint density at radius 3 is 2.89 bits per heavy atom. The topological polar surface area (TPSA) is 67.2 Å². The van der Waals surface area contributed by atoms with Crippen LogP contribution in [-0.2, 0) is 6.54 Å². The molecule has 0 aliphatic rings. The number of anilines is 2. The predicted octanol–water partition coefficient (Wildman–Crippen LogP) is 2.96. The summed E-state index contributed by atoms with van der Waals surface area (Å²) in [7, 11) is 0. The number of nitrogens with two attached hydrogens (primary N) is 1. The summed E-state index contributed by atoms with van der Waals surface area (Å²) in [5.41, 5.74) is 8.15. The summed E-state index contributed by atoms with van der Waals surface area (Å²) < 4.78 is 0. The number of nitrogen functional groups attached to an aromatic ring is 1. The molecule has 5 heteroatoms. The predicted molar refractivity (Wildman–Crippen MR) is 75.8 cm³/mol. The average Bonchev–Trinajstić information content (AvgIpc) is 2.72. The zero-order valence-electron chi connectivity index (χ0n) is 10.1. The summed E-state index contributed by atoms with van der Waals surface area (Å²) in [6, 6.07) is 8.90. The molecule has 94 valence electrons. The van der Waals surface area contributed by atoms with Gasteiger partial charge in [-0.25, -0.2) is 4.79 Å². The Balaban J connectivity index is 1.88. The van der Waals surface area contributed by atoms with Crippen LogP contribution in [-0.4, -0.2) is 6.03 Å². The molecule has 1 aromatic heterocycles. The fourth-order valence-corrected chi connectivity index (χ4v) is 2.38. The van der Waals surface area contributed by atoms with Gasteiger partial charge in [-0.05, 0) is 42.1 Å². The van der Waals surface area contributed by atoms with Gasteiger partial charge in [-0.1, -0.05) is 6.07 Å². The number of rotatable bonds is 3. The standard InChI is InChI=1S/C13H15N3OS/c1-9-5-6-18-12(9)8-15-13(17)16-11-4-2-3-10(14)7-11/h2-7H,8,14H2,1H3,(H2,15,16,17). The minimum Gasteiger partial charge on any atom is -0.399 e. The Bertz CT molecular complexity index is 551. The van der Waals surface area contributed by atoms with Crippen LogP contribution < -0.4 is 16.4 Å². The van der Waals surface area contributed by atoms with Crippen LogP contribution in [0.3, 0.4) is 0 Å². The van der Waals surface area contributed by atoms with E-state index in [9.17, 15) is 4.79 Å². The van der Waals surface area contributed by atoms with Crippen LogP contribution in [0.1, 0.15) is 10.4 Å². The molecule has 1 aromatic carbocycles. The lowest BCUT2D eigenvalue weighted by atomic mass is 10.3. The van der Waals surface area contributed by atoms with Gasteiger partial charge in [0.25, 0.3) is 0 Å². The molecule has 0 bridgehead atoms. The number of nitrogens with one attached hydrogen (secondary N) is 2. The second-order valence-electron chi connectivity index (χ2n) is 3.96. The van der Waals surface area contributed by atoms with Crippen LogP contribution in [0.25, 0.3) is 0 Å². The average molecular weight is 261 g/mol. The van der Waals surface area contributed by atoms with Gasteiger partial charge in [0.15, 0.2) is 0 Å². The summed E-state index contributed by atoms with van der Waals surface area (Å²) in [5.74, 6) is 0. The number of carbonyl (C=O) groups is 1. The first-order valence-corrected chi connectivity index (χ1v) is 6.46. The third-order valence-electron chi connectivity index (χ3n) is 2.52. The Kier molecular flexibility index (Phi) is 3.84. The highest BCUT2D eigenvalue weighted by Crippen LogP contribution is 2.15. The lowest BCUT2D eigenvalue weighted by Gasteiger charge is -2.07. The van der Waals surface area contributed by atoms with E-state index in [4.69, 9.17) is 5.73 Å². The number of urea groups is 1. The van der Waals surface area contributed by atoms with Crippen molar-refractivity contribution < 1.29 is 4.79 Å². The fourth-order valence-electron chi connectivity index (χ4n) is 1.54. The van der Waals surface area contributed by atoms with Crippen molar-refractivity contribution in [1.29, 1.82) is 0 Å². The number of benzene rings is 1. The van der Waals surface area contributed by atoms with Crippen molar-refractivity contribution in [3.63, 3.8) is 0 Å². The van der Waals surface area contributed by atoms with Crippen molar-refractivity contribution in [2.45, 2.75) is 13.5 Å². The van der Waals surface area contributed by atoms with Gasteiger partial charge in [0.1, 0.15) is 0 Å². The van der Waals surface area contributed by atoms with Gasteiger partial charge in [-0.3, -0.25) is 0 Å². The molecule has 1 heterocycles. The Morgan fingerprint density at radius 2 is 2.22 bits per heavy atom. The molecule has 0 aliphatic heterocycles. The first-order chi connectivity index (χ1) is 8.65. The summed E-state index contributed by atoms with van der Waals surface area (Å²) in [6.07, 6.45) is 0. The molecule has 0 saturated heterocycles. The van der Waals surface area contributed by atoms with Crippen LogP contribution in [0.5, 0.6) is 0 Å². The van der Waals surface area contributed by atoms with Crippen molar-refractivity contribution in [2.75, 3.05) is 11.1 Å². The van der Waals surface area contributed by atoms with E-state index in [1.54, 1.807) is 35.6 Å². The Labute approximate surface area is 110 Å². The molecule has 4 nitrogen and oxygen atoms in total. The molecule has 0 radical (unpaired) electrons. The molecule has 18 heavy (non-hydrogen) atoms. The largest absolute Gasteiger partial charge is 0.399 e. The van der Waals surface area contributed by atoms with Crippen LogP contribution in [0, 0.1) is 6.92 Å². The molecule has 2 aromatic rings. The maximum absolute atomic E-state index is 11.7. The van der Waals surface area contributed by atoms with Gasteiger partial charge < -0.3 is 16.4 Å². The zero-order valence-corrected chi connectivity index (χ0v) is 10.9. The van der Waals surface area contributed by atoms with Crippen molar-refractivity contribution >= 4 is 28.7 Å². The first-order valence-electron chi connectivity index (χ1n) is 5.58. The number of hydrogen-bond donors (Lipinski definition) is 3. The number of aryl methyl sites for hydroxylation is 1. The van der Waals surface area contributed by atoms with Crippen LogP contribution >= 0.6 is 11.3 Å². The quantitative estimate of drug-likeness (QED) is 0.744. The van der Waals surface area contributed by atoms with Crippen LogP contribution in [0.4, 0.5) is 16.2 Å². The van der Waals surface area contributed by atoms with Crippen molar-refractivity contribution in [1.82, 2.24) is 5.32 Å². The highest BCUT2D eigenvalue weighted by atomic mass is 32.1. The molecule has 2 amide bonds. The van der Waals surface area contributed by atoms with Crippen molar-refractivity contribution in [3.05, 3.63) is 46.2 Å². The lowest BCUT2D eigenvalue weighted by Crippen LogP contribution is -2.28. The van der Waals surface area contributed by atoms with Gasteiger partial charge in [-0.2, -0.15) is 0 Å². The monoisotopic (exact) mass is 261 g/mol. The Hall–Kier alpha value is -2.01. The molecular formula is C13H15N3OS. The van der Waals surface area contributed by atoms with Gasteiger partial charge in [0, 0.05) is 16.3 Å². The molecule has 4 N–H and O–H groups in total. The molecular weight excluding hydrogens is 246 g/mol. The molecule has 2 rings (SSSR count). The number of thiophene rings is 1. The smallest absolute Gasteiger partial charge is 0.319 e. The van der Waals surface area contributed by atoms with Gasteiger partial charge in [-0.15, -0.1) is 11.3 Å². The summed E-state index contributed by atoms with van der Waals surface area (Å²) in [5, 5.41) is 7.57. The summed E-state index contributed by atoms with van der Waals surface area (Å²) in [4.78, 5) is 12.8. The van der Waals surface area contributed by atoms with Crippen molar-refractivity contribution in [2.24, 2.45) is 0 Å². The molecule has 0 saturated carbocycles. The van der Waals surface area contributed by atoms with E-state index in [0.29, 0.717) is 17.9 Å². The van der Waals surface area contributed by atoms with Gasteiger partial charge >= 0.3 is 6.03 Å². The fraction of sp³-hybridized carbons (Fsp3) is 0.154. The van der Waals surface area contributed by atoms with E-state index in [1.165, 1.54) is 5.56 Å². The number of carbonyl (C=O) groups excluding carboxylic acids is 1. The zero-order chi connectivity index (χ0) is 13.0. The second kappa shape index (κ2) is 5.55. The highest BCUT2D eigenvalue weighted by Gasteiger charge is 2.04. The minimum atomic E-state index is -0.228. The second-order valence-corrected chi connectivity index (χ2v) is 4.96. The summed E-state index contributed by atoms with van der Waals surface area (Å²) >= 11 is 1.64. The third kappa shape index (κ3) is 3.24. The van der Waals surface area contributed by atoms with E-state index in [0.717, 1.165) is 4.88 Å². The van der Waals surface area contributed by atoms with E-state index in [2.05, 4.69) is 10.6 Å². The summed E-state index contributed by atoms with van der Waals surface area (Å²) in [6.45, 7) is 2.57. The van der Waals surface area contributed by atoms with Gasteiger partial charge in [0.05, 0.1) is 6.54 Å². The third-order valence-corrected chi connectivity index (χ3v) is 3.55. The van der Waals surface area contributed by atoms with E-state index < -0.39 is 0 Å². The first kappa shape index (κ1) is 12.4. The van der Waals surface area contributed by atoms with E-state index in [1.807, 2.05) is 18.4 Å². The maximum atomic E-state index is 11.7. The molecule has 0 aliphatic carbocycles. The van der Waals surface area contributed by atoms with E-state index in [-0.39, 0.29) is 6.03 Å². The lowest BCUT2D eigenvalue weighted by molar-refractivity contribution is 0.252. The van der Waals surface area contributed by atoms with Crippen molar-refractivity contribution in [3.8, 4) is 0 Å². The van der Waals surface area contributed by atoms with Gasteiger partial charge in [0.2, 0.25) is 0 Å². The van der Waals surface area contributed by atoms with E-state index >= 15 is 0 Å². The van der Waals surface area contributed by atoms with Crippen LogP contribution in [0.15, 0.2) is 35.7 Å². The molecule has 0 atom stereocenters. The number of hydrogen-bond acceptors (Lipinski definition) is 3. The molecule has 0 spiro atoms. The van der Waals surface area contributed by atoms with Crippen LogP contribution in [0.2, 0.25) is 0 Å². The number of amides is 2. The molecule has 0 fully saturated rings. The SMILES string of the molecule is Cc1ccsc1CNC(=O)Nc1cccc(N)c1. The maximum Gasteiger partial charge on any atom is 0.319 e.